The number of nitrogens with one attached hydrogen (secondary N) is 1. The first-order valence-corrected chi connectivity index (χ1v) is 5.20. The predicted molar refractivity (Wildman–Crippen MR) is 62.6 cm³/mol. The second-order valence-electron chi connectivity index (χ2n) is 3.71. The van der Waals surface area contributed by atoms with Crippen molar-refractivity contribution in [3.8, 4) is 11.8 Å². The van der Waals surface area contributed by atoms with Crippen LogP contribution in [0.4, 0.5) is 0 Å². The van der Waals surface area contributed by atoms with Gasteiger partial charge in [0.05, 0.1) is 0 Å². The lowest BCUT2D eigenvalue weighted by Gasteiger charge is -2.13. The Balaban J connectivity index is 2.34. The highest BCUT2D eigenvalue weighted by atomic mass is 16.5. The van der Waals surface area contributed by atoms with Crippen LogP contribution in [0.15, 0.2) is 27.9 Å². The number of ether oxygens (including phenoxy) is 1. The van der Waals surface area contributed by atoms with Gasteiger partial charge >= 0.3 is 5.69 Å². The van der Waals surface area contributed by atoms with Gasteiger partial charge in [0.25, 0.3) is 5.56 Å². The maximum absolute atomic E-state index is 11.6. The number of nitrogens with zero attached hydrogens (tertiary/aromatic N) is 1. The smallest absolute Gasteiger partial charge is 0.330 e. The van der Waals surface area contributed by atoms with Crippen molar-refractivity contribution in [3.63, 3.8) is 0 Å². The van der Waals surface area contributed by atoms with Gasteiger partial charge in [-0.2, -0.15) is 0 Å². The first kappa shape index (κ1) is 11.4. The maximum Gasteiger partial charge on any atom is 0.330 e. The average Bonchev–Trinajstić information content (AvgIpc) is 2.72. The summed E-state index contributed by atoms with van der Waals surface area (Å²) < 4.78 is 6.86. The Labute approximate surface area is 97.7 Å². The van der Waals surface area contributed by atoms with Gasteiger partial charge in [0.1, 0.15) is 6.10 Å². The molecule has 88 valence electrons. The van der Waals surface area contributed by atoms with Crippen molar-refractivity contribution in [2.45, 2.75) is 26.2 Å². The molecule has 0 fully saturated rings. The zero-order valence-corrected chi connectivity index (χ0v) is 9.56. The van der Waals surface area contributed by atoms with Crippen LogP contribution in [0.1, 0.15) is 18.7 Å². The number of aromatic nitrogens is 2. The van der Waals surface area contributed by atoms with Crippen LogP contribution in [-0.2, 0) is 4.74 Å². The molecule has 5 heteroatoms. The standard InChI is InChI=1S/C12H12N2O3/c1-3-4-9-5-6-10(17-9)14-7-8(2)11(15)13-12(14)16/h5-7,9-10H,1-2H3,(H,13,15,16)/t9-,10?/m1/s1. The molecule has 2 heterocycles. The third-order valence-corrected chi connectivity index (χ3v) is 2.44. The van der Waals surface area contributed by atoms with Gasteiger partial charge in [0.15, 0.2) is 6.23 Å². The first-order chi connectivity index (χ1) is 8.11. The third kappa shape index (κ3) is 2.22. The number of aryl methyl sites for hydroxylation is 1. The molecule has 0 amide bonds. The SMILES string of the molecule is CC#C[C@@H]1C=CC(n2cc(C)c(=O)[nH]c2=O)O1. The Kier molecular flexibility index (Phi) is 2.98. The molecule has 0 spiro atoms. The van der Waals surface area contributed by atoms with Crippen LogP contribution < -0.4 is 11.2 Å². The number of hydrogen-bond donors (Lipinski definition) is 1. The van der Waals surface area contributed by atoms with Crippen molar-refractivity contribution in [2.24, 2.45) is 0 Å². The topological polar surface area (TPSA) is 64.1 Å². The van der Waals surface area contributed by atoms with Gasteiger partial charge in [0, 0.05) is 11.8 Å². The highest BCUT2D eigenvalue weighted by Gasteiger charge is 2.20. The van der Waals surface area contributed by atoms with E-state index in [1.165, 1.54) is 10.8 Å². The Morgan fingerprint density at radius 1 is 1.41 bits per heavy atom. The molecule has 1 N–H and O–H groups in total. The molecule has 17 heavy (non-hydrogen) atoms. The molecule has 2 rings (SSSR count). The number of aromatic amines is 1. The summed E-state index contributed by atoms with van der Waals surface area (Å²) in [5, 5.41) is 0. The lowest BCUT2D eigenvalue weighted by molar-refractivity contribution is 0.0414. The third-order valence-electron chi connectivity index (χ3n) is 2.44. The molecule has 1 aliphatic rings. The van der Waals surface area contributed by atoms with Crippen molar-refractivity contribution >= 4 is 0 Å². The van der Waals surface area contributed by atoms with E-state index in [0.717, 1.165) is 0 Å². The van der Waals surface area contributed by atoms with Crippen LogP contribution in [-0.4, -0.2) is 15.7 Å². The van der Waals surface area contributed by atoms with E-state index < -0.39 is 11.9 Å². The van der Waals surface area contributed by atoms with E-state index in [-0.39, 0.29) is 11.7 Å². The maximum atomic E-state index is 11.6. The minimum atomic E-state index is -0.510. The Morgan fingerprint density at radius 3 is 2.88 bits per heavy atom. The molecule has 0 radical (unpaired) electrons. The second-order valence-corrected chi connectivity index (χ2v) is 3.71. The summed E-state index contributed by atoms with van der Waals surface area (Å²) in [6.07, 6.45) is 4.20. The van der Waals surface area contributed by atoms with Crippen molar-refractivity contribution in [2.75, 3.05) is 0 Å². The molecule has 5 nitrogen and oxygen atoms in total. The summed E-state index contributed by atoms with van der Waals surface area (Å²) in [5.41, 5.74) is -0.398. The number of hydrogen-bond acceptors (Lipinski definition) is 3. The summed E-state index contributed by atoms with van der Waals surface area (Å²) in [4.78, 5) is 25.1. The molecule has 1 aromatic rings. The quantitative estimate of drug-likeness (QED) is 0.560. The molecule has 0 aliphatic carbocycles. The van der Waals surface area contributed by atoms with Gasteiger partial charge < -0.3 is 4.74 Å². The van der Waals surface area contributed by atoms with Crippen molar-refractivity contribution in [1.29, 1.82) is 0 Å². The van der Waals surface area contributed by atoms with Crippen LogP contribution in [0.5, 0.6) is 0 Å². The zero-order chi connectivity index (χ0) is 12.4. The van der Waals surface area contributed by atoms with Crippen LogP contribution in [0, 0.1) is 18.8 Å². The van der Waals surface area contributed by atoms with E-state index in [9.17, 15) is 9.59 Å². The Morgan fingerprint density at radius 2 is 2.18 bits per heavy atom. The monoisotopic (exact) mass is 232 g/mol. The molecule has 0 saturated heterocycles. The highest BCUT2D eigenvalue weighted by Crippen LogP contribution is 2.18. The van der Waals surface area contributed by atoms with Crippen molar-refractivity contribution in [1.82, 2.24) is 9.55 Å². The zero-order valence-electron chi connectivity index (χ0n) is 9.56. The number of rotatable bonds is 1. The van der Waals surface area contributed by atoms with Gasteiger partial charge in [0.2, 0.25) is 0 Å². The summed E-state index contributed by atoms with van der Waals surface area (Å²) in [6.45, 7) is 3.36. The van der Waals surface area contributed by atoms with Crippen molar-refractivity contribution < 1.29 is 4.74 Å². The lowest BCUT2D eigenvalue weighted by Crippen LogP contribution is -2.33. The normalized spacial score (nSPS) is 22.2. The van der Waals surface area contributed by atoms with Crippen LogP contribution in [0.25, 0.3) is 0 Å². The van der Waals surface area contributed by atoms with Crippen LogP contribution >= 0.6 is 0 Å². The molecule has 1 aliphatic heterocycles. The fourth-order valence-corrected chi connectivity index (χ4v) is 1.59. The molecule has 2 atom stereocenters. The molecular weight excluding hydrogens is 220 g/mol. The van der Waals surface area contributed by atoms with E-state index in [1.54, 1.807) is 26.0 Å². The summed E-state index contributed by atoms with van der Waals surface area (Å²) in [5.74, 6) is 5.59. The van der Waals surface area contributed by atoms with Crippen LogP contribution in [0.3, 0.4) is 0 Å². The fourth-order valence-electron chi connectivity index (χ4n) is 1.59. The molecule has 0 aromatic carbocycles. The van der Waals surface area contributed by atoms with E-state index in [4.69, 9.17) is 4.74 Å². The van der Waals surface area contributed by atoms with Crippen LogP contribution in [0.2, 0.25) is 0 Å². The second kappa shape index (κ2) is 4.44. The van der Waals surface area contributed by atoms with Gasteiger partial charge in [-0.15, -0.1) is 5.92 Å². The molecule has 1 unspecified atom stereocenters. The van der Waals surface area contributed by atoms with Gasteiger partial charge in [-0.05, 0) is 26.0 Å². The largest absolute Gasteiger partial charge is 0.334 e. The molecular formula is C12H12N2O3. The molecule has 0 bridgehead atoms. The Bertz CT molecular complexity index is 628. The van der Waals surface area contributed by atoms with E-state index >= 15 is 0 Å². The minimum absolute atomic E-state index is 0.302. The summed E-state index contributed by atoms with van der Waals surface area (Å²) in [7, 11) is 0. The average molecular weight is 232 g/mol. The van der Waals surface area contributed by atoms with E-state index in [1.807, 2.05) is 0 Å². The van der Waals surface area contributed by atoms with Gasteiger partial charge in [-0.1, -0.05) is 5.92 Å². The summed E-state index contributed by atoms with van der Waals surface area (Å²) >= 11 is 0. The number of H-pyrrole nitrogens is 1. The summed E-state index contributed by atoms with van der Waals surface area (Å²) in [6, 6.07) is 0. The molecule has 0 saturated carbocycles. The van der Waals surface area contributed by atoms with Gasteiger partial charge in [-0.3, -0.25) is 14.3 Å². The predicted octanol–water partition coefficient (Wildman–Crippen LogP) is 0.322. The minimum Gasteiger partial charge on any atom is -0.334 e. The van der Waals surface area contributed by atoms with Crippen molar-refractivity contribution in [3.05, 3.63) is 44.8 Å². The first-order valence-electron chi connectivity index (χ1n) is 5.20. The lowest BCUT2D eigenvalue weighted by atomic mass is 10.3. The Hall–Kier alpha value is -2.06. The molecule has 1 aromatic heterocycles. The van der Waals surface area contributed by atoms with Gasteiger partial charge in [-0.25, -0.2) is 4.79 Å². The van der Waals surface area contributed by atoms with E-state index in [0.29, 0.717) is 5.56 Å². The highest BCUT2D eigenvalue weighted by molar-refractivity contribution is 5.16. The van der Waals surface area contributed by atoms with E-state index in [2.05, 4.69) is 16.8 Å². The fraction of sp³-hybridized carbons (Fsp3) is 0.333.